The van der Waals surface area contributed by atoms with Gasteiger partial charge in [-0.15, -0.1) is 12.4 Å². The van der Waals surface area contributed by atoms with Crippen molar-refractivity contribution in [1.82, 2.24) is 5.32 Å². The molecule has 0 saturated heterocycles. The van der Waals surface area contributed by atoms with Crippen molar-refractivity contribution in [2.75, 3.05) is 6.54 Å². The summed E-state index contributed by atoms with van der Waals surface area (Å²) in [6, 6.07) is 9.39. The van der Waals surface area contributed by atoms with E-state index in [0.717, 1.165) is 0 Å². The van der Waals surface area contributed by atoms with Crippen molar-refractivity contribution in [3.05, 3.63) is 48.0 Å². The summed E-state index contributed by atoms with van der Waals surface area (Å²) in [5, 5.41) is 2.89. The Morgan fingerprint density at radius 3 is 2.52 bits per heavy atom. The number of hydrogen-bond acceptors (Lipinski definition) is 3. The molecule has 1 aromatic carbocycles. The van der Waals surface area contributed by atoms with Crippen LogP contribution in [0.2, 0.25) is 0 Å². The lowest BCUT2D eigenvalue weighted by atomic mass is 9.88. The average molecular weight is 341 g/mol. The Bertz CT molecular complexity index is 672. The van der Waals surface area contributed by atoms with Gasteiger partial charge in [-0.25, -0.2) is 4.39 Å². The molecule has 1 aromatic heterocycles. The maximum absolute atomic E-state index is 13.7. The number of rotatable bonds is 5. The van der Waals surface area contributed by atoms with E-state index in [4.69, 9.17) is 10.2 Å². The molecule has 0 aliphatic rings. The molecule has 0 radical (unpaired) electrons. The van der Waals surface area contributed by atoms with E-state index >= 15 is 0 Å². The number of furan rings is 1. The molecule has 126 valence electrons. The van der Waals surface area contributed by atoms with E-state index in [-0.39, 0.29) is 30.0 Å². The molecule has 3 N–H and O–H groups in total. The van der Waals surface area contributed by atoms with Crippen LogP contribution in [0, 0.1) is 11.7 Å². The van der Waals surface area contributed by atoms with Crippen LogP contribution in [0.15, 0.2) is 40.8 Å². The van der Waals surface area contributed by atoms with Crippen LogP contribution in [-0.4, -0.2) is 18.0 Å². The fraction of sp³-hybridized carbons (Fsp3) is 0.353. The zero-order chi connectivity index (χ0) is 16.3. The number of carbonyl (C=O) groups is 1. The number of carbonyl (C=O) groups excluding carboxylic acids is 1. The number of amides is 1. The van der Waals surface area contributed by atoms with Gasteiger partial charge in [0.2, 0.25) is 0 Å². The first-order valence-electron chi connectivity index (χ1n) is 7.24. The standard InChI is InChI=1S/C17H21FN2O2.ClH/c1-11(2)17(3,10-19)20-16(21)15-9-8-14(22-15)12-6-4-5-7-13(12)18;/h4-9,11H,10,19H2,1-3H3,(H,20,21);1H. The van der Waals surface area contributed by atoms with Crippen LogP contribution in [0.25, 0.3) is 11.3 Å². The van der Waals surface area contributed by atoms with Gasteiger partial charge in [-0.05, 0) is 37.1 Å². The average Bonchev–Trinajstić information content (AvgIpc) is 2.97. The molecule has 4 nitrogen and oxygen atoms in total. The van der Waals surface area contributed by atoms with E-state index in [0.29, 0.717) is 17.9 Å². The first-order chi connectivity index (χ1) is 10.4. The van der Waals surface area contributed by atoms with Gasteiger partial charge in [0, 0.05) is 6.54 Å². The van der Waals surface area contributed by atoms with Crippen LogP contribution in [0.1, 0.15) is 31.3 Å². The molecule has 1 atom stereocenters. The molecule has 0 aliphatic heterocycles. The predicted molar refractivity (Wildman–Crippen MR) is 91.1 cm³/mol. The Morgan fingerprint density at radius 2 is 1.96 bits per heavy atom. The molecule has 6 heteroatoms. The normalized spacial score (nSPS) is 13.3. The summed E-state index contributed by atoms with van der Waals surface area (Å²) in [5.74, 6) is -0.120. The van der Waals surface area contributed by atoms with Crippen molar-refractivity contribution in [1.29, 1.82) is 0 Å². The van der Waals surface area contributed by atoms with Crippen molar-refractivity contribution in [3.8, 4) is 11.3 Å². The van der Waals surface area contributed by atoms with Crippen LogP contribution in [0.5, 0.6) is 0 Å². The van der Waals surface area contributed by atoms with Gasteiger partial charge in [0.1, 0.15) is 11.6 Å². The van der Waals surface area contributed by atoms with E-state index in [1.54, 1.807) is 24.3 Å². The van der Waals surface area contributed by atoms with Crippen molar-refractivity contribution >= 4 is 18.3 Å². The molecule has 2 aromatic rings. The fourth-order valence-corrected chi connectivity index (χ4v) is 2.02. The van der Waals surface area contributed by atoms with Gasteiger partial charge in [-0.1, -0.05) is 26.0 Å². The maximum atomic E-state index is 13.7. The van der Waals surface area contributed by atoms with E-state index in [9.17, 15) is 9.18 Å². The maximum Gasteiger partial charge on any atom is 0.287 e. The molecule has 0 aliphatic carbocycles. The Balaban J connectivity index is 0.00000264. The Morgan fingerprint density at radius 1 is 1.30 bits per heavy atom. The lowest BCUT2D eigenvalue weighted by molar-refractivity contribution is 0.0855. The lowest BCUT2D eigenvalue weighted by Gasteiger charge is -2.33. The van der Waals surface area contributed by atoms with Crippen LogP contribution >= 0.6 is 12.4 Å². The minimum atomic E-state index is -0.526. The minimum absolute atomic E-state index is 0. The quantitative estimate of drug-likeness (QED) is 0.873. The van der Waals surface area contributed by atoms with Gasteiger partial charge >= 0.3 is 0 Å². The highest BCUT2D eigenvalue weighted by atomic mass is 35.5. The van der Waals surface area contributed by atoms with E-state index in [1.165, 1.54) is 12.1 Å². The second-order valence-electron chi connectivity index (χ2n) is 5.87. The molecule has 0 saturated carbocycles. The highest BCUT2D eigenvalue weighted by Gasteiger charge is 2.30. The highest BCUT2D eigenvalue weighted by Crippen LogP contribution is 2.25. The molecule has 1 heterocycles. The molecule has 1 amide bonds. The Labute approximate surface area is 141 Å². The van der Waals surface area contributed by atoms with Crippen molar-refractivity contribution in [2.24, 2.45) is 11.7 Å². The monoisotopic (exact) mass is 340 g/mol. The largest absolute Gasteiger partial charge is 0.451 e. The van der Waals surface area contributed by atoms with Crippen LogP contribution in [-0.2, 0) is 0 Å². The van der Waals surface area contributed by atoms with Crippen molar-refractivity contribution in [2.45, 2.75) is 26.3 Å². The predicted octanol–water partition coefficient (Wildman–Crippen LogP) is 3.61. The highest BCUT2D eigenvalue weighted by molar-refractivity contribution is 5.92. The summed E-state index contributed by atoms with van der Waals surface area (Å²) in [5.41, 5.74) is 5.56. The van der Waals surface area contributed by atoms with E-state index < -0.39 is 11.4 Å². The molecular formula is C17H22ClFN2O2. The van der Waals surface area contributed by atoms with Crippen LogP contribution in [0.4, 0.5) is 4.39 Å². The third kappa shape index (κ3) is 4.12. The van der Waals surface area contributed by atoms with Gasteiger partial charge in [0.05, 0.1) is 11.1 Å². The number of hydrogen-bond donors (Lipinski definition) is 2. The molecular weight excluding hydrogens is 319 g/mol. The van der Waals surface area contributed by atoms with Gasteiger partial charge in [-0.2, -0.15) is 0 Å². The van der Waals surface area contributed by atoms with E-state index in [1.807, 2.05) is 20.8 Å². The third-order valence-corrected chi connectivity index (χ3v) is 4.07. The molecule has 0 bridgehead atoms. The fourth-order valence-electron chi connectivity index (χ4n) is 2.02. The molecule has 23 heavy (non-hydrogen) atoms. The van der Waals surface area contributed by atoms with Crippen molar-refractivity contribution < 1.29 is 13.6 Å². The smallest absolute Gasteiger partial charge is 0.287 e. The SMILES string of the molecule is CC(C)C(C)(CN)NC(=O)c1ccc(-c2ccccc2F)o1.Cl. The van der Waals surface area contributed by atoms with Crippen LogP contribution < -0.4 is 11.1 Å². The van der Waals surface area contributed by atoms with Gasteiger partial charge < -0.3 is 15.5 Å². The van der Waals surface area contributed by atoms with E-state index in [2.05, 4.69) is 5.32 Å². The third-order valence-electron chi connectivity index (χ3n) is 4.07. The molecule has 1 unspecified atom stereocenters. The van der Waals surface area contributed by atoms with Crippen molar-refractivity contribution in [3.63, 3.8) is 0 Å². The second kappa shape index (κ2) is 7.62. The summed E-state index contributed by atoms with van der Waals surface area (Å²) >= 11 is 0. The number of nitrogens with two attached hydrogens (primary N) is 1. The van der Waals surface area contributed by atoms with Gasteiger partial charge in [-0.3, -0.25) is 4.79 Å². The summed E-state index contributed by atoms with van der Waals surface area (Å²) in [6.07, 6.45) is 0. The molecule has 2 rings (SSSR count). The molecule has 0 fully saturated rings. The number of nitrogens with one attached hydrogen (secondary N) is 1. The summed E-state index contributed by atoms with van der Waals surface area (Å²) in [7, 11) is 0. The van der Waals surface area contributed by atoms with Crippen LogP contribution in [0.3, 0.4) is 0 Å². The Kier molecular flexibility index (Phi) is 6.36. The zero-order valence-corrected chi connectivity index (χ0v) is 14.2. The first kappa shape index (κ1) is 19.2. The first-order valence-corrected chi connectivity index (χ1v) is 7.24. The minimum Gasteiger partial charge on any atom is -0.451 e. The summed E-state index contributed by atoms with van der Waals surface area (Å²) in [4.78, 5) is 12.3. The summed E-state index contributed by atoms with van der Waals surface area (Å²) < 4.78 is 19.2. The van der Waals surface area contributed by atoms with Gasteiger partial charge in [0.15, 0.2) is 5.76 Å². The number of halogens is 2. The molecule has 0 spiro atoms. The zero-order valence-electron chi connectivity index (χ0n) is 13.4. The Hall–Kier alpha value is -1.85. The van der Waals surface area contributed by atoms with Gasteiger partial charge in [0.25, 0.3) is 5.91 Å². The number of benzene rings is 1. The summed E-state index contributed by atoms with van der Waals surface area (Å²) in [6.45, 7) is 6.17. The topological polar surface area (TPSA) is 68.3 Å². The second-order valence-corrected chi connectivity index (χ2v) is 5.87. The lowest BCUT2D eigenvalue weighted by Crippen LogP contribution is -2.54.